The van der Waals surface area contributed by atoms with Crippen molar-refractivity contribution in [1.29, 1.82) is 0 Å². The fourth-order valence-corrected chi connectivity index (χ4v) is 4.83. The largest absolute Gasteiger partial charge is 0.494 e. The van der Waals surface area contributed by atoms with Crippen molar-refractivity contribution >= 4 is 21.6 Å². The maximum absolute atomic E-state index is 11.4. The third-order valence-corrected chi connectivity index (χ3v) is 6.05. The van der Waals surface area contributed by atoms with Gasteiger partial charge in [-0.15, -0.1) is 0 Å². The Balaban J connectivity index is 1.98. The van der Waals surface area contributed by atoms with Crippen molar-refractivity contribution in [1.82, 2.24) is 9.55 Å². The number of nitrogens with zero attached hydrogens (tertiary/aromatic N) is 2. The van der Waals surface area contributed by atoms with Crippen LogP contribution in [0.25, 0.3) is 16.9 Å². The minimum atomic E-state index is -3.00. The van der Waals surface area contributed by atoms with Gasteiger partial charge in [-0.1, -0.05) is 42.1 Å². The molecule has 0 aliphatic heterocycles. The van der Waals surface area contributed by atoms with Gasteiger partial charge in [-0.2, -0.15) is 0 Å². The lowest BCUT2D eigenvalue weighted by atomic mass is 10.1. The number of thioether (sulfide) groups is 1. The molecular weight excluding hydrogens is 380 g/mol. The first-order valence-corrected chi connectivity index (χ1v) is 11.7. The summed E-state index contributed by atoms with van der Waals surface area (Å²) in [5.41, 5.74) is 2.96. The van der Waals surface area contributed by atoms with Gasteiger partial charge in [0.2, 0.25) is 0 Å². The Morgan fingerprint density at radius 2 is 1.78 bits per heavy atom. The third-order valence-electron chi connectivity index (χ3n) is 3.89. The molecule has 0 amide bonds. The van der Waals surface area contributed by atoms with Crippen LogP contribution in [0.2, 0.25) is 0 Å². The molecule has 0 fully saturated rings. The van der Waals surface area contributed by atoms with E-state index < -0.39 is 9.84 Å². The molecule has 0 saturated heterocycles. The predicted molar refractivity (Wildman–Crippen MR) is 111 cm³/mol. The fourth-order valence-electron chi connectivity index (χ4n) is 2.64. The summed E-state index contributed by atoms with van der Waals surface area (Å²) in [5.74, 6) is 1.39. The number of ether oxygens (including phenoxy) is 1. The number of aromatic nitrogens is 2. The van der Waals surface area contributed by atoms with Gasteiger partial charge < -0.3 is 4.74 Å². The van der Waals surface area contributed by atoms with Crippen molar-refractivity contribution in [3.63, 3.8) is 0 Å². The molecule has 0 aliphatic rings. The summed E-state index contributed by atoms with van der Waals surface area (Å²) in [6.45, 7) is 2.57. The summed E-state index contributed by atoms with van der Waals surface area (Å²) in [4.78, 5) is 4.55. The van der Waals surface area contributed by atoms with Gasteiger partial charge in [-0.3, -0.25) is 4.57 Å². The van der Waals surface area contributed by atoms with Crippen LogP contribution in [0.3, 0.4) is 0 Å². The van der Waals surface area contributed by atoms with Gasteiger partial charge in [0.05, 0.1) is 24.3 Å². The number of hydrogen-bond acceptors (Lipinski definition) is 5. The van der Waals surface area contributed by atoms with Crippen molar-refractivity contribution in [2.45, 2.75) is 12.1 Å². The minimum Gasteiger partial charge on any atom is -0.494 e. The molecule has 7 heteroatoms. The zero-order valence-electron chi connectivity index (χ0n) is 15.3. The summed E-state index contributed by atoms with van der Waals surface area (Å²) < 4.78 is 30.5. The summed E-state index contributed by atoms with van der Waals surface area (Å²) in [5, 5.41) is 0.765. The fraction of sp³-hybridized carbons (Fsp3) is 0.250. The normalized spacial score (nSPS) is 11.5. The van der Waals surface area contributed by atoms with Crippen LogP contribution in [-0.4, -0.2) is 42.3 Å². The molecule has 27 heavy (non-hydrogen) atoms. The third kappa shape index (κ3) is 5.14. The molecule has 0 atom stereocenters. The molecule has 5 nitrogen and oxygen atoms in total. The Hall–Kier alpha value is -2.25. The van der Waals surface area contributed by atoms with Crippen molar-refractivity contribution < 1.29 is 13.2 Å². The highest BCUT2D eigenvalue weighted by Gasteiger charge is 2.15. The van der Waals surface area contributed by atoms with Crippen LogP contribution in [0.5, 0.6) is 5.75 Å². The lowest BCUT2D eigenvalue weighted by Crippen LogP contribution is -2.06. The maximum Gasteiger partial charge on any atom is 0.173 e. The first-order valence-electron chi connectivity index (χ1n) is 8.65. The highest BCUT2D eigenvalue weighted by atomic mass is 32.2. The number of imidazole rings is 1. The van der Waals surface area contributed by atoms with E-state index in [9.17, 15) is 8.42 Å². The van der Waals surface area contributed by atoms with Gasteiger partial charge in [-0.25, -0.2) is 13.4 Å². The molecule has 1 aromatic heterocycles. The Morgan fingerprint density at radius 3 is 2.41 bits per heavy atom. The number of hydrogen-bond donors (Lipinski definition) is 0. The standard InChI is InChI=1S/C20H22N2O3S2/c1-3-25-18-11-9-17(10-12-18)22-19(16-7-5-4-6-8-16)15-21-20(22)26-13-14-27(2,23)24/h4-12,15H,3,13-14H2,1-2H3. The molecule has 142 valence electrons. The second-order valence-corrected chi connectivity index (χ2v) is 9.35. The molecule has 3 rings (SSSR count). The topological polar surface area (TPSA) is 61.2 Å². The number of sulfone groups is 1. The zero-order valence-corrected chi connectivity index (χ0v) is 17.0. The second-order valence-electron chi connectivity index (χ2n) is 6.03. The average molecular weight is 403 g/mol. The van der Waals surface area contributed by atoms with Gasteiger partial charge in [0.1, 0.15) is 15.6 Å². The first-order chi connectivity index (χ1) is 13.0. The van der Waals surface area contributed by atoms with Crippen LogP contribution < -0.4 is 4.74 Å². The summed E-state index contributed by atoms with van der Waals surface area (Å²) >= 11 is 1.44. The minimum absolute atomic E-state index is 0.120. The van der Waals surface area contributed by atoms with E-state index in [2.05, 4.69) is 9.55 Å². The Kier molecular flexibility index (Phi) is 6.23. The molecular formula is C20H22N2O3S2. The number of rotatable bonds is 8. The second kappa shape index (κ2) is 8.63. The van der Waals surface area contributed by atoms with E-state index in [1.807, 2.05) is 67.7 Å². The molecule has 1 heterocycles. The summed E-state index contributed by atoms with van der Waals surface area (Å²) in [7, 11) is -3.00. The van der Waals surface area contributed by atoms with Crippen LogP contribution in [0, 0.1) is 0 Å². The Bertz CT molecular complexity index is 982. The van der Waals surface area contributed by atoms with Gasteiger partial charge in [-0.05, 0) is 31.2 Å². The molecule has 0 bridgehead atoms. The predicted octanol–water partition coefficient (Wildman–Crippen LogP) is 4.07. The average Bonchev–Trinajstić information content (AvgIpc) is 3.06. The van der Waals surface area contributed by atoms with Crippen LogP contribution in [0.1, 0.15) is 6.92 Å². The Labute approximate surface area is 164 Å². The molecule has 0 radical (unpaired) electrons. The van der Waals surface area contributed by atoms with Gasteiger partial charge in [0.25, 0.3) is 0 Å². The molecule has 0 spiro atoms. The molecule has 0 N–H and O–H groups in total. The Morgan fingerprint density at radius 1 is 1.07 bits per heavy atom. The lowest BCUT2D eigenvalue weighted by Gasteiger charge is -2.13. The van der Waals surface area contributed by atoms with E-state index in [-0.39, 0.29) is 5.75 Å². The summed E-state index contributed by atoms with van der Waals surface area (Å²) in [6, 6.07) is 17.8. The van der Waals surface area contributed by atoms with Crippen LogP contribution in [-0.2, 0) is 9.84 Å². The quantitative estimate of drug-likeness (QED) is 0.532. The zero-order chi connectivity index (χ0) is 19.3. The maximum atomic E-state index is 11.4. The van der Waals surface area contributed by atoms with Crippen molar-refractivity contribution in [2.75, 3.05) is 24.4 Å². The van der Waals surface area contributed by atoms with Crippen molar-refractivity contribution in [3.05, 3.63) is 60.8 Å². The lowest BCUT2D eigenvalue weighted by molar-refractivity contribution is 0.340. The van der Waals surface area contributed by atoms with Crippen LogP contribution >= 0.6 is 11.8 Å². The molecule has 0 unspecified atom stereocenters. The monoisotopic (exact) mass is 402 g/mol. The van der Waals surface area contributed by atoms with Crippen LogP contribution in [0.15, 0.2) is 66.0 Å². The van der Waals surface area contributed by atoms with E-state index in [4.69, 9.17) is 4.74 Å². The van der Waals surface area contributed by atoms with Gasteiger partial charge >= 0.3 is 0 Å². The molecule has 0 saturated carbocycles. The van der Waals surface area contributed by atoms with E-state index in [0.29, 0.717) is 12.4 Å². The van der Waals surface area contributed by atoms with Crippen molar-refractivity contribution in [2.24, 2.45) is 0 Å². The van der Waals surface area contributed by atoms with E-state index >= 15 is 0 Å². The SMILES string of the molecule is CCOc1ccc(-n2c(-c3ccccc3)cnc2SCCS(C)(=O)=O)cc1. The van der Waals surface area contributed by atoms with Crippen molar-refractivity contribution in [3.8, 4) is 22.7 Å². The van der Waals surface area contributed by atoms with Gasteiger partial charge in [0, 0.05) is 23.3 Å². The van der Waals surface area contributed by atoms with Gasteiger partial charge in [0.15, 0.2) is 5.16 Å². The van der Waals surface area contributed by atoms with E-state index in [1.165, 1.54) is 18.0 Å². The highest BCUT2D eigenvalue weighted by Crippen LogP contribution is 2.30. The molecule has 0 aliphatic carbocycles. The molecule has 3 aromatic rings. The van der Waals surface area contributed by atoms with E-state index in [0.717, 1.165) is 27.9 Å². The number of benzene rings is 2. The van der Waals surface area contributed by atoms with E-state index in [1.54, 1.807) is 0 Å². The molecule has 2 aromatic carbocycles. The highest BCUT2D eigenvalue weighted by molar-refractivity contribution is 8.00. The van der Waals surface area contributed by atoms with Crippen LogP contribution in [0.4, 0.5) is 0 Å². The first kappa shape index (κ1) is 19.5. The smallest absolute Gasteiger partial charge is 0.173 e. The summed E-state index contributed by atoms with van der Waals surface area (Å²) in [6.07, 6.45) is 3.08.